The molecule has 0 heterocycles. The van der Waals surface area contributed by atoms with Crippen LogP contribution < -0.4 is 14.8 Å². The molecule has 0 atom stereocenters. The summed E-state index contributed by atoms with van der Waals surface area (Å²) in [5.41, 5.74) is 2.47. The summed E-state index contributed by atoms with van der Waals surface area (Å²) in [5, 5.41) is 3.36. The topological polar surface area (TPSA) is 30.5 Å². The molecule has 0 spiro atoms. The Morgan fingerprint density at radius 1 is 1.00 bits per heavy atom. The first-order chi connectivity index (χ1) is 9.83. The van der Waals surface area contributed by atoms with Gasteiger partial charge in [0.15, 0.2) is 11.5 Å². The van der Waals surface area contributed by atoms with Gasteiger partial charge in [-0.3, -0.25) is 0 Å². The van der Waals surface area contributed by atoms with Crippen molar-refractivity contribution in [2.45, 2.75) is 13.3 Å². The minimum atomic E-state index is 0.594. The van der Waals surface area contributed by atoms with Gasteiger partial charge >= 0.3 is 0 Å². The highest BCUT2D eigenvalue weighted by atomic mass is 16.5. The monoisotopic (exact) mass is 271 g/mol. The fraction of sp³-hybridized carbons (Fsp3) is 0.294. The van der Waals surface area contributed by atoms with Gasteiger partial charge in [0.25, 0.3) is 0 Å². The lowest BCUT2D eigenvalue weighted by atomic mass is 10.1. The highest BCUT2D eigenvalue weighted by molar-refractivity contribution is 5.45. The van der Waals surface area contributed by atoms with Gasteiger partial charge in [-0.15, -0.1) is 0 Å². The highest BCUT2D eigenvalue weighted by Crippen LogP contribution is 2.25. The lowest BCUT2D eigenvalue weighted by molar-refractivity contribution is 0.306. The molecule has 0 saturated carbocycles. The number of para-hydroxylation sites is 2. The largest absolute Gasteiger partial charge is 0.493 e. The van der Waals surface area contributed by atoms with E-state index in [1.807, 2.05) is 24.3 Å². The molecule has 0 amide bonds. The van der Waals surface area contributed by atoms with Gasteiger partial charge in [-0.2, -0.15) is 0 Å². The quantitative estimate of drug-likeness (QED) is 0.778. The predicted octanol–water partition coefficient (Wildman–Crippen LogP) is 3.75. The number of hydrogen-bond donors (Lipinski definition) is 1. The molecule has 0 aromatic heterocycles. The second kappa shape index (κ2) is 7.43. The molecular weight excluding hydrogens is 250 g/mol. The minimum Gasteiger partial charge on any atom is -0.493 e. The van der Waals surface area contributed by atoms with E-state index in [2.05, 4.69) is 36.5 Å². The number of anilines is 1. The Balaban J connectivity index is 1.81. The summed E-state index contributed by atoms with van der Waals surface area (Å²) < 4.78 is 11.0. The maximum absolute atomic E-state index is 5.72. The molecule has 3 nitrogen and oxygen atoms in total. The summed E-state index contributed by atoms with van der Waals surface area (Å²) >= 11 is 0. The van der Waals surface area contributed by atoms with E-state index in [9.17, 15) is 0 Å². The summed E-state index contributed by atoms with van der Waals surface area (Å²) in [7, 11) is 1.65. The Morgan fingerprint density at radius 3 is 2.55 bits per heavy atom. The zero-order valence-corrected chi connectivity index (χ0v) is 12.1. The van der Waals surface area contributed by atoms with Crippen molar-refractivity contribution < 1.29 is 9.47 Å². The Labute approximate surface area is 120 Å². The third kappa shape index (κ3) is 3.92. The lowest BCUT2D eigenvalue weighted by Gasteiger charge is -2.11. The highest BCUT2D eigenvalue weighted by Gasteiger charge is 2.01. The summed E-state index contributed by atoms with van der Waals surface area (Å²) in [6.07, 6.45) is 1.05. The summed E-state index contributed by atoms with van der Waals surface area (Å²) in [4.78, 5) is 0. The van der Waals surface area contributed by atoms with Gasteiger partial charge in [0.2, 0.25) is 0 Å². The van der Waals surface area contributed by atoms with Gasteiger partial charge in [-0.05, 0) is 36.2 Å². The molecular formula is C17H21NO2. The van der Waals surface area contributed by atoms with Crippen LogP contribution in [0.15, 0.2) is 48.5 Å². The van der Waals surface area contributed by atoms with Crippen LogP contribution in [0.4, 0.5) is 5.69 Å². The first-order valence-electron chi connectivity index (χ1n) is 6.92. The molecule has 1 N–H and O–H groups in total. The van der Waals surface area contributed by atoms with E-state index in [1.54, 1.807) is 7.11 Å². The molecule has 0 radical (unpaired) electrons. The van der Waals surface area contributed by atoms with Crippen molar-refractivity contribution in [1.82, 2.24) is 0 Å². The second-order valence-corrected chi connectivity index (χ2v) is 4.48. The van der Waals surface area contributed by atoms with Gasteiger partial charge in [0.1, 0.15) is 6.61 Å². The molecule has 106 valence electrons. The Kier molecular flexibility index (Phi) is 5.30. The third-order valence-electron chi connectivity index (χ3n) is 3.09. The van der Waals surface area contributed by atoms with Crippen LogP contribution in [-0.2, 0) is 6.42 Å². The molecule has 0 aliphatic heterocycles. The summed E-state index contributed by atoms with van der Waals surface area (Å²) in [6, 6.07) is 16.1. The molecule has 20 heavy (non-hydrogen) atoms. The van der Waals surface area contributed by atoms with Crippen molar-refractivity contribution in [2.75, 3.05) is 25.6 Å². The van der Waals surface area contributed by atoms with Gasteiger partial charge in [0, 0.05) is 12.2 Å². The maximum Gasteiger partial charge on any atom is 0.161 e. The Bertz CT molecular complexity index is 540. The first kappa shape index (κ1) is 14.3. The molecule has 0 fully saturated rings. The van der Waals surface area contributed by atoms with Crippen molar-refractivity contribution in [3.8, 4) is 11.5 Å². The van der Waals surface area contributed by atoms with Crippen molar-refractivity contribution in [3.05, 3.63) is 54.1 Å². The standard InChI is InChI=1S/C17H21NO2/c1-3-14-7-6-8-15(13-14)18-11-12-20-17-10-5-4-9-16(17)19-2/h4-10,13,18H,3,11-12H2,1-2H3. The van der Waals surface area contributed by atoms with E-state index in [0.29, 0.717) is 6.61 Å². The van der Waals surface area contributed by atoms with E-state index in [-0.39, 0.29) is 0 Å². The van der Waals surface area contributed by atoms with Crippen molar-refractivity contribution in [1.29, 1.82) is 0 Å². The number of ether oxygens (including phenoxy) is 2. The molecule has 0 bridgehead atoms. The minimum absolute atomic E-state index is 0.594. The smallest absolute Gasteiger partial charge is 0.161 e. The van der Waals surface area contributed by atoms with Crippen LogP contribution in [0, 0.1) is 0 Å². The number of methoxy groups -OCH3 is 1. The van der Waals surface area contributed by atoms with Crippen LogP contribution in [0.1, 0.15) is 12.5 Å². The number of hydrogen-bond acceptors (Lipinski definition) is 3. The fourth-order valence-corrected chi connectivity index (χ4v) is 2.00. The van der Waals surface area contributed by atoms with Crippen LogP contribution >= 0.6 is 0 Å². The zero-order chi connectivity index (χ0) is 14.2. The van der Waals surface area contributed by atoms with E-state index < -0.39 is 0 Å². The number of rotatable bonds is 7. The molecule has 0 aliphatic rings. The third-order valence-corrected chi connectivity index (χ3v) is 3.09. The van der Waals surface area contributed by atoms with E-state index >= 15 is 0 Å². The van der Waals surface area contributed by atoms with Crippen LogP contribution in [0.3, 0.4) is 0 Å². The second-order valence-electron chi connectivity index (χ2n) is 4.48. The van der Waals surface area contributed by atoms with Crippen molar-refractivity contribution in [2.24, 2.45) is 0 Å². The number of aryl methyl sites for hydroxylation is 1. The first-order valence-corrected chi connectivity index (χ1v) is 6.92. The van der Waals surface area contributed by atoms with Crippen LogP contribution in [0.5, 0.6) is 11.5 Å². The molecule has 0 unspecified atom stereocenters. The molecule has 2 aromatic rings. The van der Waals surface area contributed by atoms with Crippen molar-refractivity contribution >= 4 is 5.69 Å². The Morgan fingerprint density at radius 2 is 1.80 bits per heavy atom. The molecule has 0 saturated heterocycles. The van der Waals surface area contributed by atoms with Gasteiger partial charge in [-0.25, -0.2) is 0 Å². The van der Waals surface area contributed by atoms with Gasteiger partial charge in [0.05, 0.1) is 7.11 Å². The van der Waals surface area contributed by atoms with E-state index in [0.717, 1.165) is 30.2 Å². The van der Waals surface area contributed by atoms with E-state index in [1.165, 1.54) is 5.56 Å². The van der Waals surface area contributed by atoms with Gasteiger partial charge in [-0.1, -0.05) is 31.2 Å². The fourth-order valence-electron chi connectivity index (χ4n) is 2.00. The number of benzene rings is 2. The van der Waals surface area contributed by atoms with Crippen LogP contribution in [0.2, 0.25) is 0 Å². The predicted molar refractivity (Wildman–Crippen MR) is 82.8 cm³/mol. The van der Waals surface area contributed by atoms with Crippen molar-refractivity contribution in [3.63, 3.8) is 0 Å². The normalized spacial score (nSPS) is 10.1. The Hall–Kier alpha value is -2.16. The molecule has 2 rings (SSSR count). The van der Waals surface area contributed by atoms with E-state index in [4.69, 9.17) is 9.47 Å². The molecule has 2 aromatic carbocycles. The average molecular weight is 271 g/mol. The zero-order valence-electron chi connectivity index (χ0n) is 12.1. The lowest BCUT2D eigenvalue weighted by Crippen LogP contribution is -2.11. The molecule has 0 aliphatic carbocycles. The SMILES string of the molecule is CCc1cccc(NCCOc2ccccc2OC)c1. The molecule has 3 heteroatoms. The van der Waals surface area contributed by atoms with Crippen LogP contribution in [0.25, 0.3) is 0 Å². The average Bonchev–Trinajstić information content (AvgIpc) is 2.52. The number of nitrogens with one attached hydrogen (secondary N) is 1. The maximum atomic E-state index is 5.72. The van der Waals surface area contributed by atoms with Crippen LogP contribution in [-0.4, -0.2) is 20.3 Å². The summed E-state index contributed by atoms with van der Waals surface area (Å²) in [6.45, 7) is 3.51. The summed E-state index contributed by atoms with van der Waals surface area (Å²) in [5.74, 6) is 1.54. The van der Waals surface area contributed by atoms with Gasteiger partial charge < -0.3 is 14.8 Å².